The third-order valence-corrected chi connectivity index (χ3v) is 0. The van der Waals surface area contributed by atoms with Crippen LogP contribution in [0.2, 0.25) is 0 Å². The van der Waals surface area contributed by atoms with Crippen LogP contribution in [0, 0.1) is 0 Å². The van der Waals surface area contributed by atoms with Crippen molar-refractivity contribution >= 4 is 18.3 Å². The summed E-state index contributed by atoms with van der Waals surface area (Å²) in [5.74, 6) is 0. The van der Waals surface area contributed by atoms with E-state index in [1.54, 1.807) is 0 Å². The average molecular weight is 287 g/mol. The molecular weight excluding hydrogens is 287 g/mol. The van der Waals surface area contributed by atoms with Crippen molar-refractivity contribution < 1.29 is 37.2 Å². The summed E-state index contributed by atoms with van der Waals surface area (Å²) in [6.45, 7) is 0. The van der Waals surface area contributed by atoms with Crippen LogP contribution >= 0.6 is 9.90 Å². The van der Waals surface area contributed by atoms with Crippen molar-refractivity contribution in [3.05, 3.63) is 0 Å². The van der Waals surface area contributed by atoms with Gasteiger partial charge in [-0.3, -0.25) is 0 Å². The molecule has 0 aromatic heterocycles. The van der Waals surface area contributed by atoms with Gasteiger partial charge in [-0.2, -0.15) is 0 Å². The van der Waals surface area contributed by atoms with Crippen molar-refractivity contribution in [2.45, 2.75) is 0 Å². The monoisotopic (exact) mass is 288 g/mol. The van der Waals surface area contributed by atoms with Crippen LogP contribution in [-0.2, 0) is 37.2 Å². The first-order valence-corrected chi connectivity index (χ1v) is 0. The van der Waals surface area contributed by atoms with E-state index in [2.05, 4.69) is 0 Å². The van der Waals surface area contributed by atoms with Gasteiger partial charge in [0.25, 0.3) is 0 Å². The van der Waals surface area contributed by atoms with Crippen LogP contribution in [0.1, 0.15) is 0 Å². The standard InChI is InChI=1S/B.Co.P.Re. The zero-order valence-electron chi connectivity index (χ0n) is 1.74. The van der Waals surface area contributed by atoms with Gasteiger partial charge in [0.1, 0.15) is 0 Å². The fraction of sp³-hybridized carbons (Fsp3) is 0. The third kappa shape index (κ3) is 9.39. The van der Waals surface area contributed by atoms with Crippen LogP contribution < -0.4 is 0 Å². The summed E-state index contributed by atoms with van der Waals surface area (Å²) < 4.78 is 0. The molecule has 0 bridgehead atoms. The fourth-order valence-corrected chi connectivity index (χ4v) is 0. The summed E-state index contributed by atoms with van der Waals surface area (Å²) in [6, 6.07) is 0. The van der Waals surface area contributed by atoms with Crippen LogP contribution in [0.4, 0.5) is 0 Å². The summed E-state index contributed by atoms with van der Waals surface area (Å²) in [6.07, 6.45) is 0. The zero-order chi connectivity index (χ0) is 0. The van der Waals surface area contributed by atoms with Crippen LogP contribution in [-0.4, -0.2) is 8.41 Å². The molecule has 0 nitrogen and oxygen atoms in total. The molecule has 0 rings (SSSR count). The van der Waals surface area contributed by atoms with E-state index < -0.39 is 0 Å². The topological polar surface area (TPSA) is 0 Å². The second-order valence-corrected chi connectivity index (χ2v) is 0. The first-order valence-electron chi connectivity index (χ1n) is 0. The predicted octanol–water partition coefficient (Wildman–Crippen LogP) is 0.475. The van der Waals surface area contributed by atoms with E-state index in [1.165, 1.54) is 0 Å². The Morgan fingerprint density at radius 2 is 1.00 bits per heavy atom. The number of hydrogen-bond acceptors (Lipinski definition) is 0. The first-order chi connectivity index (χ1) is 0. The molecule has 0 saturated carbocycles. The molecular formula is BCoPRe. The van der Waals surface area contributed by atoms with Gasteiger partial charge < -0.3 is 0 Å². The molecule has 0 N–H and O–H groups in total. The Bertz CT molecular complexity index is 8.00. The Labute approximate surface area is 55.5 Å². The van der Waals surface area contributed by atoms with Gasteiger partial charge in [-0.05, 0) is 0 Å². The molecule has 0 unspecified atom stereocenters. The maximum Gasteiger partial charge on any atom is 0 e. The van der Waals surface area contributed by atoms with Gasteiger partial charge in [-0.25, -0.2) is 0 Å². The van der Waals surface area contributed by atoms with Crippen LogP contribution in [0.5, 0.6) is 0 Å². The van der Waals surface area contributed by atoms with E-state index in [0.29, 0.717) is 0 Å². The van der Waals surface area contributed by atoms with Crippen molar-refractivity contribution in [2.24, 2.45) is 0 Å². The molecule has 0 aliphatic rings. The molecule has 0 spiro atoms. The summed E-state index contributed by atoms with van der Waals surface area (Å²) in [4.78, 5) is 0. The van der Waals surface area contributed by atoms with Crippen LogP contribution in [0.3, 0.4) is 0 Å². The molecule has 0 heterocycles. The van der Waals surface area contributed by atoms with E-state index in [4.69, 9.17) is 0 Å². The molecule has 0 aliphatic carbocycles. The molecule has 0 aliphatic heterocycles. The summed E-state index contributed by atoms with van der Waals surface area (Å²) in [5, 5.41) is 0. The SMILES string of the molecule is [B].[Co].[P].[Re]. The van der Waals surface area contributed by atoms with E-state index in [9.17, 15) is 0 Å². The van der Waals surface area contributed by atoms with Crippen molar-refractivity contribution in [1.82, 2.24) is 0 Å². The van der Waals surface area contributed by atoms with Crippen LogP contribution in [0.15, 0.2) is 0 Å². The molecule has 0 amide bonds. The largest absolute Gasteiger partial charge is 0 e. The summed E-state index contributed by atoms with van der Waals surface area (Å²) >= 11 is 0. The molecule has 0 aromatic rings. The molecule has 4 heteroatoms. The molecule has 0 fully saturated rings. The minimum absolute atomic E-state index is 0. The van der Waals surface area contributed by atoms with Gasteiger partial charge in [0.05, 0.1) is 0 Å². The molecule has 4 heavy (non-hydrogen) atoms. The number of hydrogen-bond donors (Lipinski definition) is 0. The van der Waals surface area contributed by atoms with Crippen molar-refractivity contribution in [1.29, 1.82) is 0 Å². The average Bonchev–Trinajstić information content (AvgIpc) is 0. The Kier molecular flexibility index (Phi) is 252. The smallest absolute Gasteiger partial charge is 0 e. The van der Waals surface area contributed by atoms with Crippen molar-refractivity contribution in [2.75, 3.05) is 0 Å². The normalized spacial score (nSPS) is 0. The van der Waals surface area contributed by atoms with E-state index >= 15 is 0 Å². The van der Waals surface area contributed by atoms with Crippen molar-refractivity contribution in [3.63, 3.8) is 0 Å². The molecule has 8 radical (unpaired) electrons. The maximum absolute atomic E-state index is 0. The minimum atomic E-state index is 0. The fourth-order valence-electron chi connectivity index (χ4n) is 0. The van der Waals surface area contributed by atoms with Gasteiger partial charge in [0.15, 0.2) is 0 Å². The second-order valence-electron chi connectivity index (χ2n) is 0. The Hall–Kier alpha value is 1.66. The third-order valence-electron chi connectivity index (χ3n) is 0. The first kappa shape index (κ1) is 44.5. The van der Waals surface area contributed by atoms with Crippen molar-refractivity contribution in [3.8, 4) is 0 Å². The molecule has 0 atom stereocenters. The summed E-state index contributed by atoms with van der Waals surface area (Å²) in [7, 11) is 0. The van der Waals surface area contributed by atoms with E-state index in [-0.39, 0.29) is 55.5 Å². The van der Waals surface area contributed by atoms with Gasteiger partial charge in [0, 0.05) is 55.5 Å². The van der Waals surface area contributed by atoms with Gasteiger partial charge in [-0.15, -0.1) is 0 Å². The Morgan fingerprint density at radius 3 is 1.00 bits per heavy atom. The zero-order valence-corrected chi connectivity index (χ0v) is 6.39. The summed E-state index contributed by atoms with van der Waals surface area (Å²) in [5.41, 5.74) is 0. The predicted molar refractivity (Wildman–Crippen MR) is 12.7 cm³/mol. The minimum Gasteiger partial charge on any atom is 0 e. The molecule has 24 valence electrons. The van der Waals surface area contributed by atoms with E-state index in [0.717, 1.165) is 0 Å². The maximum atomic E-state index is 0. The Balaban J connectivity index is 0. The Morgan fingerprint density at radius 1 is 1.00 bits per heavy atom. The second kappa shape index (κ2) is 22.6. The van der Waals surface area contributed by atoms with Gasteiger partial charge >= 0.3 is 0 Å². The molecule has 0 saturated heterocycles. The van der Waals surface area contributed by atoms with Crippen LogP contribution in [0.25, 0.3) is 0 Å². The van der Waals surface area contributed by atoms with E-state index in [1.807, 2.05) is 0 Å². The van der Waals surface area contributed by atoms with Gasteiger partial charge in [-0.1, -0.05) is 0 Å². The quantitative estimate of drug-likeness (QED) is 0.449. The molecule has 0 aromatic carbocycles. The number of rotatable bonds is 0. The van der Waals surface area contributed by atoms with Gasteiger partial charge in [0.2, 0.25) is 0 Å².